The van der Waals surface area contributed by atoms with Gasteiger partial charge in [-0.25, -0.2) is 4.98 Å². The second-order valence-corrected chi connectivity index (χ2v) is 3.66. The van der Waals surface area contributed by atoms with E-state index in [4.69, 9.17) is 0 Å². The average Bonchev–Trinajstić information content (AvgIpc) is 2.08. The highest BCUT2D eigenvalue weighted by atomic mass is 79.9. The van der Waals surface area contributed by atoms with Crippen LogP contribution >= 0.6 is 15.9 Å². The zero-order valence-corrected chi connectivity index (χ0v) is 8.79. The van der Waals surface area contributed by atoms with E-state index in [0.29, 0.717) is 21.3 Å². The van der Waals surface area contributed by atoms with Crippen molar-refractivity contribution in [3.8, 4) is 5.88 Å². The molecule has 0 aliphatic carbocycles. The fourth-order valence-electron chi connectivity index (χ4n) is 1.15. The van der Waals surface area contributed by atoms with Crippen molar-refractivity contribution >= 4 is 27.0 Å². The number of H-pyrrole nitrogens is 1. The predicted molar refractivity (Wildman–Crippen MR) is 54.3 cm³/mol. The van der Waals surface area contributed by atoms with Gasteiger partial charge >= 0.3 is 0 Å². The van der Waals surface area contributed by atoms with Crippen LogP contribution in [0.4, 0.5) is 0 Å². The van der Waals surface area contributed by atoms with Gasteiger partial charge in [-0.1, -0.05) is 0 Å². The normalized spacial score (nSPS) is 10.7. The van der Waals surface area contributed by atoms with Crippen LogP contribution in [0.2, 0.25) is 0 Å². The number of fused-ring (bicyclic) bond motifs is 1. The number of pyridine rings is 1. The number of hydrogen-bond donors (Lipinski definition) is 2. The summed E-state index contributed by atoms with van der Waals surface area (Å²) in [6.45, 7) is 1.64. The lowest BCUT2D eigenvalue weighted by molar-refractivity contribution is 0.457. The Kier molecular flexibility index (Phi) is 1.99. The SMILES string of the molecule is Cc1nc(O)c2cc(Br)c(=O)[nH]c2n1. The molecule has 0 fully saturated rings. The molecule has 0 bridgehead atoms. The summed E-state index contributed by atoms with van der Waals surface area (Å²) in [5, 5.41) is 9.89. The number of aromatic amines is 1. The van der Waals surface area contributed by atoms with Gasteiger partial charge in [0.2, 0.25) is 5.88 Å². The first kappa shape index (κ1) is 9.14. The smallest absolute Gasteiger partial charge is 0.263 e. The second kappa shape index (κ2) is 3.06. The summed E-state index contributed by atoms with van der Waals surface area (Å²) < 4.78 is 0.341. The number of nitrogens with zero attached hydrogens (tertiary/aromatic N) is 2. The number of aryl methyl sites for hydroxylation is 1. The van der Waals surface area contributed by atoms with Crippen molar-refractivity contribution in [1.82, 2.24) is 15.0 Å². The number of halogens is 1. The van der Waals surface area contributed by atoms with Crippen LogP contribution in [0.25, 0.3) is 11.0 Å². The summed E-state index contributed by atoms with van der Waals surface area (Å²) in [7, 11) is 0. The Balaban J connectivity index is 2.96. The fourth-order valence-corrected chi connectivity index (χ4v) is 1.48. The first-order chi connectivity index (χ1) is 6.58. The Hall–Kier alpha value is -1.43. The summed E-state index contributed by atoms with van der Waals surface area (Å²) >= 11 is 3.06. The lowest BCUT2D eigenvalue weighted by Crippen LogP contribution is -2.07. The van der Waals surface area contributed by atoms with Crippen molar-refractivity contribution in [3.63, 3.8) is 0 Å². The molecule has 14 heavy (non-hydrogen) atoms. The Labute approximate surface area is 87.0 Å². The lowest BCUT2D eigenvalue weighted by Gasteiger charge is -2.00. The summed E-state index contributed by atoms with van der Waals surface area (Å²) in [6, 6.07) is 1.49. The van der Waals surface area contributed by atoms with Gasteiger partial charge in [-0.05, 0) is 28.9 Å². The summed E-state index contributed by atoms with van der Waals surface area (Å²) in [6.07, 6.45) is 0. The van der Waals surface area contributed by atoms with E-state index >= 15 is 0 Å². The first-order valence-electron chi connectivity index (χ1n) is 3.84. The van der Waals surface area contributed by atoms with Crippen LogP contribution in [0.15, 0.2) is 15.3 Å². The Morgan fingerprint density at radius 3 is 2.93 bits per heavy atom. The van der Waals surface area contributed by atoms with Gasteiger partial charge in [-0.15, -0.1) is 0 Å². The van der Waals surface area contributed by atoms with Crippen molar-refractivity contribution < 1.29 is 5.11 Å². The molecule has 0 radical (unpaired) electrons. The molecule has 0 atom stereocenters. The largest absolute Gasteiger partial charge is 0.493 e. The molecule has 0 amide bonds. The zero-order chi connectivity index (χ0) is 10.3. The van der Waals surface area contributed by atoms with E-state index in [-0.39, 0.29) is 11.4 Å². The van der Waals surface area contributed by atoms with Crippen molar-refractivity contribution in [2.75, 3.05) is 0 Å². The molecule has 0 aromatic carbocycles. The van der Waals surface area contributed by atoms with E-state index in [1.807, 2.05) is 0 Å². The third-order valence-corrected chi connectivity index (χ3v) is 2.35. The predicted octanol–water partition coefficient (Wildman–Crippen LogP) is 1.09. The van der Waals surface area contributed by atoms with Crippen LogP contribution in [0, 0.1) is 6.92 Å². The van der Waals surface area contributed by atoms with Crippen LogP contribution < -0.4 is 5.56 Å². The number of aromatic hydroxyl groups is 1. The zero-order valence-electron chi connectivity index (χ0n) is 7.21. The molecule has 2 aromatic heterocycles. The van der Waals surface area contributed by atoms with Crippen molar-refractivity contribution in [3.05, 3.63) is 26.7 Å². The van der Waals surface area contributed by atoms with Gasteiger partial charge in [0, 0.05) is 0 Å². The topological polar surface area (TPSA) is 78.9 Å². The van der Waals surface area contributed by atoms with Crippen LogP contribution in [0.5, 0.6) is 5.88 Å². The highest BCUT2D eigenvalue weighted by Crippen LogP contribution is 2.20. The molecular formula is C8H6BrN3O2. The van der Waals surface area contributed by atoms with Gasteiger partial charge in [0.25, 0.3) is 5.56 Å². The maximum atomic E-state index is 11.2. The Morgan fingerprint density at radius 2 is 2.21 bits per heavy atom. The summed E-state index contributed by atoms with van der Waals surface area (Å²) in [4.78, 5) is 21.5. The highest BCUT2D eigenvalue weighted by molar-refractivity contribution is 9.10. The summed E-state index contributed by atoms with van der Waals surface area (Å²) in [5.41, 5.74) is 0.0539. The molecule has 0 saturated carbocycles. The van der Waals surface area contributed by atoms with Crippen LogP contribution in [-0.4, -0.2) is 20.1 Å². The molecule has 2 N–H and O–H groups in total. The van der Waals surface area contributed by atoms with E-state index in [1.165, 1.54) is 6.07 Å². The molecular weight excluding hydrogens is 250 g/mol. The highest BCUT2D eigenvalue weighted by Gasteiger charge is 2.07. The maximum Gasteiger partial charge on any atom is 0.263 e. The third kappa shape index (κ3) is 1.37. The van der Waals surface area contributed by atoms with E-state index in [2.05, 4.69) is 30.9 Å². The Morgan fingerprint density at radius 1 is 1.50 bits per heavy atom. The Bertz CT molecular complexity index is 564. The number of aromatic nitrogens is 3. The average molecular weight is 256 g/mol. The molecule has 6 heteroatoms. The number of rotatable bonds is 0. The van der Waals surface area contributed by atoms with Crippen molar-refractivity contribution in [2.24, 2.45) is 0 Å². The molecule has 0 unspecified atom stereocenters. The summed E-state index contributed by atoms with van der Waals surface area (Å²) in [5.74, 6) is 0.275. The van der Waals surface area contributed by atoms with E-state index in [1.54, 1.807) is 6.92 Å². The number of hydrogen-bond acceptors (Lipinski definition) is 4. The van der Waals surface area contributed by atoms with E-state index < -0.39 is 0 Å². The molecule has 5 nitrogen and oxygen atoms in total. The van der Waals surface area contributed by atoms with Gasteiger partial charge < -0.3 is 10.1 Å². The molecule has 72 valence electrons. The fraction of sp³-hybridized carbons (Fsp3) is 0.125. The van der Waals surface area contributed by atoms with Crippen LogP contribution in [0.3, 0.4) is 0 Å². The van der Waals surface area contributed by atoms with Crippen molar-refractivity contribution in [2.45, 2.75) is 6.92 Å². The minimum absolute atomic E-state index is 0.135. The third-order valence-electron chi connectivity index (χ3n) is 1.76. The van der Waals surface area contributed by atoms with Crippen LogP contribution in [0.1, 0.15) is 5.82 Å². The van der Waals surface area contributed by atoms with Crippen molar-refractivity contribution in [1.29, 1.82) is 0 Å². The maximum absolute atomic E-state index is 11.2. The lowest BCUT2D eigenvalue weighted by atomic mass is 10.3. The molecule has 2 rings (SSSR count). The quantitative estimate of drug-likeness (QED) is 0.739. The molecule has 0 saturated heterocycles. The molecule has 2 heterocycles. The van der Waals surface area contributed by atoms with E-state index in [0.717, 1.165) is 0 Å². The minimum atomic E-state index is -0.282. The monoisotopic (exact) mass is 255 g/mol. The van der Waals surface area contributed by atoms with E-state index in [9.17, 15) is 9.90 Å². The van der Waals surface area contributed by atoms with Gasteiger partial charge in [-0.3, -0.25) is 4.79 Å². The molecule has 0 spiro atoms. The van der Waals surface area contributed by atoms with Crippen LogP contribution in [-0.2, 0) is 0 Å². The number of nitrogens with one attached hydrogen (secondary N) is 1. The minimum Gasteiger partial charge on any atom is -0.493 e. The second-order valence-electron chi connectivity index (χ2n) is 2.80. The van der Waals surface area contributed by atoms with Gasteiger partial charge in [-0.2, -0.15) is 4.98 Å². The molecule has 0 aliphatic rings. The molecule has 2 aromatic rings. The van der Waals surface area contributed by atoms with Gasteiger partial charge in [0.15, 0.2) is 0 Å². The molecule has 0 aliphatic heterocycles. The van der Waals surface area contributed by atoms with Gasteiger partial charge in [0.1, 0.15) is 11.5 Å². The van der Waals surface area contributed by atoms with Gasteiger partial charge in [0.05, 0.1) is 9.86 Å². The standard InChI is InChI=1S/C8H6BrN3O2/c1-3-10-6-4(7(13)11-3)2-5(9)8(14)12-6/h2H,1H3,(H2,10,11,12,13,14). The first-order valence-corrected chi connectivity index (χ1v) is 4.63.